The standard InChI is InChI=1S/C31H17B5O/c1-37-17-14-16-8-2-3-9-18(16)23(15-17)24-19-10-4-6-12-21(19)25(22-13-7-5-11-20(22)24)26-27(32)29(34)31(36)30(35)28(26)33/h2-15H,1H3. The van der Waals surface area contributed by atoms with E-state index in [1.165, 1.54) is 0 Å². The van der Waals surface area contributed by atoms with Gasteiger partial charge in [-0.15, -0.1) is 16.4 Å². The molecule has 6 rings (SSSR count). The number of hydrogen-bond donors (Lipinski definition) is 0. The number of benzene rings is 6. The minimum Gasteiger partial charge on any atom is -0.497 e. The summed E-state index contributed by atoms with van der Waals surface area (Å²) in [7, 11) is 33.5. The van der Waals surface area contributed by atoms with Gasteiger partial charge in [-0.25, -0.2) is 0 Å². The van der Waals surface area contributed by atoms with Crippen molar-refractivity contribution in [3.05, 3.63) is 84.9 Å². The molecule has 0 aliphatic carbocycles. The van der Waals surface area contributed by atoms with E-state index in [-0.39, 0.29) is 16.4 Å². The highest BCUT2D eigenvalue weighted by atomic mass is 16.5. The van der Waals surface area contributed by atoms with Crippen molar-refractivity contribution in [2.45, 2.75) is 0 Å². The van der Waals surface area contributed by atoms with E-state index in [0.717, 1.165) is 54.8 Å². The molecule has 1 nitrogen and oxygen atoms in total. The second-order valence-electron chi connectivity index (χ2n) is 9.18. The molecule has 0 saturated carbocycles. The number of hydrogen-bond acceptors (Lipinski definition) is 1. The lowest BCUT2D eigenvalue weighted by atomic mass is 9.59. The Morgan fingerprint density at radius 1 is 0.459 bits per heavy atom. The van der Waals surface area contributed by atoms with Crippen LogP contribution in [0, 0.1) is 0 Å². The van der Waals surface area contributed by atoms with E-state index in [1.807, 2.05) is 30.3 Å². The van der Waals surface area contributed by atoms with Crippen molar-refractivity contribution in [2.75, 3.05) is 7.11 Å². The molecule has 0 heterocycles. The molecule has 0 fully saturated rings. The van der Waals surface area contributed by atoms with Crippen LogP contribution in [0.15, 0.2) is 84.9 Å². The third kappa shape index (κ3) is 3.54. The van der Waals surface area contributed by atoms with Crippen LogP contribution in [0.4, 0.5) is 0 Å². The maximum Gasteiger partial charge on any atom is 0.120 e. The molecule has 162 valence electrons. The van der Waals surface area contributed by atoms with E-state index in [9.17, 15) is 0 Å². The molecular formula is C31H17B5O. The molecule has 0 N–H and O–H groups in total. The van der Waals surface area contributed by atoms with Gasteiger partial charge in [0.2, 0.25) is 0 Å². The van der Waals surface area contributed by atoms with Crippen molar-refractivity contribution in [1.82, 2.24) is 0 Å². The van der Waals surface area contributed by atoms with Crippen molar-refractivity contribution in [2.24, 2.45) is 0 Å². The minimum absolute atomic E-state index is 0.201. The van der Waals surface area contributed by atoms with Crippen molar-refractivity contribution in [3.8, 4) is 28.0 Å². The minimum atomic E-state index is 0.201. The molecule has 6 heteroatoms. The largest absolute Gasteiger partial charge is 0.497 e. The first-order chi connectivity index (χ1) is 17.9. The predicted octanol–water partition coefficient (Wildman–Crippen LogP) is 2.46. The van der Waals surface area contributed by atoms with Gasteiger partial charge < -0.3 is 4.74 Å². The Hall–Kier alpha value is -3.78. The molecule has 0 spiro atoms. The zero-order chi connectivity index (χ0) is 25.8. The molecule has 0 saturated heterocycles. The Morgan fingerprint density at radius 2 is 0.892 bits per heavy atom. The van der Waals surface area contributed by atoms with Gasteiger partial charge >= 0.3 is 0 Å². The van der Waals surface area contributed by atoms with Gasteiger partial charge in [0, 0.05) is 0 Å². The van der Waals surface area contributed by atoms with Crippen LogP contribution in [-0.2, 0) is 0 Å². The Bertz CT molecular complexity index is 1790. The smallest absolute Gasteiger partial charge is 0.120 e. The summed E-state index contributed by atoms with van der Waals surface area (Å²) in [6, 6.07) is 28.9. The molecule has 0 atom stereocenters. The summed E-state index contributed by atoms with van der Waals surface area (Å²) in [5.41, 5.74) is 4.94. The molecule has 6 aromatic rings. The van der Waals surface area contributed by atoms with Crippen LogP contribution in [0.2, 0.25) is 0 Å². The third-order valence-electron chi connectivity index (χ3n) is 7.22. The van der Waals surface area contributed by atoms with E-state index in [1.54, 1.807) is 7.11 Å². The number of rotatable bonds is 3. The average Bonchev–Trinajstić information content (AvgIpc) is 2.94. The normalized spacial score (nSPS) is 11.4. The molecule has 0 aliphatic rings. The quantitative estimate of drug-likeness (QED) is 0.292. The topological polar surface area (TPSA) is 9.23 Å². The molecule has 0 unspecified atom stereocenters. The highest BCUT2D eigenvalue weighted by Gasteiger charge is 2.21. The Kier molecular flexibility index (Phi) is 5.72. The monoisotopic (exact) mass is 460 g/mol. The number of methoxy groups -OCH3 is 1. The fourth-order valence-corrected chi connectivity index (χ4v) is 5.41. The summed E-state index contributed by atoms with van der Waals surface area (Å²) >= 11 is 0. The van der Waals surface area contributed by atoms with Crippen molar-refractivity contribution in [1.29, 1.82) is 0 Å². The summed E-state index contributed by atoms with van der Waals surface area (Å²) in [5, 5.41) is 6.27. The fraction of sp³-hybridized carbons (Fsp3) is 0.0323. The van der Waals surface area contributed by atoms with Crippen molar-refractivity contribution < 1.29 is 4.74 Å². The first-order valence-electron chi connectivity index (χ1n) is 11.9. The zero-order valence-electron chi connectivity index (χ0n) is 20.4. The van der Waals surface area contributed by atoms with E-state index >= 15 is 0 Å². The molecule has 0 aromatic heterocycles. The third-order valence-corrected chi connectivity index (χ3v) is 7.22. The maximum atomic E-state index is 6.57. The van der Waals surface area contributed by atoms with Gasteiger partial charge in [-0.2, -0.15) is 0 Å². The zero-order valence-corrected chi connectivity index (χ0v) is 20.4. The summed E-state index contributed by atoms with van der Waals surface area (Å²) in [6.45, 7) is 0. The van der Waals surface area contributed by atoms with Crippen molar-refractivity contribution in [3.63, 3.8) is 0 Å². The van der Waals surface area contributed by atoms with Crippen LogP contribution in [-0.4, -0.2) is 46.3 Å². The summed E-state index contributed by atoms with van der Waals surface area (Å²) in [4.78, 5) is 0. The lowest BCUT2D eigenvalue weighted by molar-refractivity contribution is 0.415. The van der Waals surface area contributed by atoms with Gasteiger partial charge in [-0.05, 0) is 66.7 Å². The molecule has 0 amide bonds. The van der Waals surface area contributed by atoms with Crippen LogP contribution >= 0.6 is 0 Å². The first kappa shape index (κ1) is 23.6. The highest BCUT2D eigenvalue weighted by Crippen LogP contribution is 2.45. The lowest BCUT2D eigenvalue weighted by Gasteiger charge is -2.25. The van der Waals surface area contributed by atoms with E-state index in [2.05, 4.69) is 54.6 Å². The fourth-order valence-electron chi connectivity index (χ4n) is 5.41. The second kappa shape index (κ2) is 8.96. The Morgan fingerprint density at radius 3 is 1.41 bits per heavy atom. The van der Waals surface area contributed by atoms with Gasteiger partial charge in [-0.1, -0.05) is 83.7 Å². The number of ether oxygens (including phenoxy) is 1. The van der Waals surface area contributed by atoms with Crippen LogP contribution in [0.5, 0.6) is 5.75 Å². The molecular weight excluding hydrogens is 442 g/mol. The average molecular weight is 460 g/mol. The van der Waals surface area contributed by atoms with Gasteiger partial charge in [0.1, 0.15) is 45.0 Å². The maximum absolute atomic E-state index is 6.57. The Balaban J connectivity index is 1.86. The van der Waals surface area contributed by atoms with Gasteiger partial charge in [0.15, 0.2) is 0 Å². The summed E-state index contributed by atoms with van der Waals surface area (Å²) in [5.74, 6) is 0.790. The van der Waals surface area contributed by atoms with Crippen LogP contribution < -0.4 is 32.1 Å². The van der Waals surface area contributed by atoms with E-state index in [0.29, 0.717) is 16.5 Å². The molecule has 6 aromatic carbocycles. The summed E-state index contributed by atoms with van der Waals surface area (Å²) < 4.78 is 5.70. The number of fused-ring (bicyclic) bond motifs is 3. The highest BCUT2D eigenvalue weighted by molar-refractivity contribution is 6.69. The lowest BCUT2D eigenvalue weighted by Crippen LogP contribution is -2.55. The molecule has 0 bridgehead atoms. The SMILES string of the molecule is [B]c1c([B])c([B])c(-c2c3ccccc3c(-c3cc(OC)cc4ccccc34)c3ccccc23)c([B])c1[B]. The van der Waals surface area contributed by atoms with E-state index in [4.69, 9.17) is 44.0 Å². The second-order valence-corrected chi connectivity index (χ2v) is 9.18. The van der Waals surface area contributed by atoms with Gasteiger partial charge in [-0.3, -0.25) is 0 Å². The predicted molar refractivity (Wildman–Crippen MR) is 163 cm³/mol. The molecule has 10 radical (unpaired) electrons. The Labute approximate surface area is 223 Å². The summed E-state index contributed by atoms with van der Waals surface area (Å²) in [6.07, 6.45) is 0. The van der Waals surface area contributed by atoms with Crippen LogP contribution in [0.1, 0.15) is 0 Å². The molecule has 37 heavy (non-hydrogen) atoms. The first-order valence-corrected chi connectivity index (χ1v) is 11.9. The van der Waals surface area contributed by atoms with Crippen LogP contribution in [0.3, 0.4) is 0 Å². The molecule has 0 aliphatic heterocycles. The van der Waals surface area contributed by atoms with Crippen LogP contribution in [0.25, 0.3) is 54.6 Å². The van der Waals surface area contributed by atoms with Gasteiger partial charge in [0.05, 0.1) is 7.11 Å². The van der Waals surface area contributed by atoms with Gasteiger partial charge in [0.25, 0.3) is 0 Å². The van der Waals surface area contributed by atoms with E-state index < -0.39 is 0 Å². The van der Waals surface area contributed by atoms with Crippen molar-refractivity contribution >= 4 is 98.9 Å².